The lowest BCUT2D eigenvalue weighted by molar-refractivity contribution is -0.141. The predicted octanol–water partition coefficient (Wildman–Crippen LogP) is -0.772. The van der Waals surface area contributed by atoms with E-state index in [1.807, 2.05) is 0 Å². The maximum absolute atomic E-state index is 11.4. The van der Waals surface area contributed by atoms with Gasteiger partial charge < -0.3 is 16.2 Å². The molecule has 0 bridgehead atoms. The highest BCUT2D eigenvalue weighted by Crippen LogP contribution is 2.00. The number of nitrogen functional groups attached to an aromatic ring is 1. The van der Waals surface area contributed by atoms with Crippen molar-refractivity contribution in [3.63, 3.8) is 0 Å². The van der Waals surface area contributed by atoms with Crippen LogP contribution in [0.4, 0.5) is 5.95 Å². The number of rotatable bonds is 5. The first kappa shape index (κ1) is 12.0. The van der Waals surface area contributed by atoms with E-state index >= 15 is 0 Å². The summed E-state index contributed by atoms with van der Waals surface area (Å²) in [6, 6.07) is 0. The van der Waals surface area contributed by atoms with Gasteiger partial charge in [0.25, 0.3) is 5.91 Å². The zero-order valence-corrected chi connectivity index (χ0v) is 8.73. The molecule has 1 unspecified atom stereocenters. The molecule has 0 saturated heterocycles. The van der Waals surface area contributed by atoms with Crippen LogP contribution in [0.3, 0.4) is 0 Å². The first-order valence-corrected chi connectivity index (χ1v) is 4.69. The number of aromatic amines is 1. The van der Waals surface area contributed by atoms with Crippen molar-refractivity contribution < 1.29 is 14.7 Å². The van der Waals surface area contributed by atoms with E-state index < -0.39 is 17.8 Å². The number of hydrogen-bond acceptors (Lipinski definition) is 5. The smallest absolute Gasteiger partial charge is 0.306 e. The Labute approximate surface area is 91.2 Å². The molecular weight excluding hydrogens is 214 g/mol. The molecule has 16 heavy (non-hydrogen) atoms. The van der Waals surface area contributed by atoms with E-state index in [0.29, 0.717) is 6.42 Å². The highest BCUT2D eigenvalue weighted by Gasteiger charge is 2.13. The molecule has 0 spiro atoms. The van der Waals surface area contributed by atoms with Crippen molar-refractivity contribution in [2.75, 3.05) is 12.3 Å². The Morgan fingerprint density at radius 3 is 2.81 bits per heavy atom. The molecule has 0 radical (unpaired) electrons. The largest absolute Gasteiger partial charge is 0.481 e. The van der Waals surface area contributed by atoms with Crippen LogP contribution in [0.15, 0.2) is 0 Å². The lowest BCUT2D eigenvalue weighted by Crippen LogP contribution is -2.27. The van der Waals surface area contributed by atoms with Gasteiger partial charge in [-0.05, 0) is 6.42 Å². The highest BCUT2D eigenvalue weighted by atomic mass is 16.4. The number of aromatic nitrogens is 3. The molecule has 1 atom stereocenters. The molecule has 0 aliphatic rings. The van der Waals surface area contributed by atoms with Gasteiger partial charge in [-0.3, -0.25) is 14.7 Å². The average molecular weight is 227 g/mol. The van der Waals surface area contributed by atoms with Gasteiger partial charge in [0, 0.05) is 6.54 Å². The molecular formula is C8H13N5O3. The number of carbonyl (C=O) groups excluding carboxylic acids is 1. The van der Waals surface area contributed by atoms with Crippen molar-refractivity contribution in [3.8, 4) is 0 Å². The Morgan fingerprint density at radius 2 is 2.31 bits per heavy atom. The van der Waals surface area contributed by atoms with Crippen molar-refractivity contribution in [3.05, 3.63) is 5.82 Å². The van der Waals surface area contributed by atoms with Gasteiger partial charge in [-0.25, -0.2) is 0 Å². The number of carbonyl (C=O) groups is 2. The fourth-order valence-electron chi connectivity index (χ4n) is 0.986. The van der Waals surface area contributed by atoms with Crippen molar-refractivity contribution in [2.45, 2.75) is 13.3 Å². The summed E-state index contributed by atoms with van der Waals surface area (Å²) in [5.74, 6) is -1.84. The van der Waals surface area contributed by atoms with Crippen LogP contribution in [0.5, 0.6) is 0 Å². The molecule has 1 heterocycles. The monoisotopic (exact) mass is 227 g/mol. The molecule has 1 amide bonds. The number of nitrogens with zero attached hydrogens (tertiary/aromatic N) is 2. The van der Waals surface area contributed by atoms with Gasteiger partial charge >= 0.3 is 5.97 Å². The summed E-state index contributed by atoms with van der Waals surface area (Å²) in [5, 5.41) is 17.0. The molecule has 0 aliphatic carbocycles. The maximum atomic E-state index is 11.4. The molecule has 0 aliphatic heterocycles. The van der Waals surface area contributed by atoms with Crippen molar-refractivity contribution in [2.24, 2.45) is 5.92 Å². The molecule has 1 rings (SSSR count). The summed E-state index contributed by atoms with van der Waals surface area (Å²) in [7, 11) is 0. The topological polar surface area (TPSA) is 134 Å². The zero-order chi connectivity index (χ0) is 12.1. The third-order valence-corrected chi connectivity index (χ3v) is 2.00. The minimum absolute atomic E-state index is 0.0101. The van der Waals surface area contributed by atoms with Crippen molar-refractivity contribution in [1.82, 2.24) is 20.5 Å². The first-order valence-electron chi connectivity index (χ1n) is 4.69. The molecule has 8 nitrogen and oxygen atoms in total. The van der Waals surface area contributed by atoms with Crippen LogP contribution in [0.1, 0.15) is 24.0 Å². The Morgan fingerprint density at radius 1 is 1.62 bits per heavy atom. The van der Waals surface area contributed by atoms with Gasteiger partial charge in [-0.15, -0.1) is 5.10 Å². The third kappa shape index (κ3) is 3.23. The van der Waals surface area contributed by atoms with Gasteiger partial charge in [0.2, 0.25) is 11.8 Å². The fraction of sp³-hybridized carbons (Fsp3) is 0.500. The summed E-state index contributed by atoms with van der Waals surface area (Å²) >= 11 is 0. The van der Waals surface area contributed by atoms with Crippen molar-refractivity contribution in [1.29, 1.82) is 0 Å². The molecule has 5 N–H and O–H groups in total. The van der Waals surface area contributed by atoms with Crippen LogP contribution in [-0.2, 0) is 4.79 Å². The number of hydrogen-bond donors (Lipinski definition) is 4. The van der Waals surface area contributed by atoms with Gasteiger partial charge in [0.1, 0.15) is 0 Å². The summed E-state index contributed by atoms with van der Waals surface area (Å²) in [5.41, 5.74) is 5.22. The Balaban J connectivity index is 2.34. The van der Waals surface area contributed by atoms with E-state index in [4.69, 9.17) is 10.8 Å². The Bertz CT molecular complexity index is 389. The van der Waals surface area contributed by atoms with E-state index in [-0.39, 0.29) is 18.3 Å². The van der Waals surface area contributed by atoms with Crippen molar-refractivity contribution >= 4 is 17.8 Å². The van der Waals surface area contributed by atoms with E-state index in [0.717, 1.165) is 0 Å². The second kappa shape index (κ2) is 5.10. The standard InChI is InChI=1S/C8H13N5O3/c1-4(7(15)16)2-3-10-6(14)5-11-8(9)13-12-5/h4H,2-3H2,1H3,(H,10,14)(H,15,16)(H3,9,11,12,13). The Kier molecular flexibility index (Phi) is 3.81. The molecule has 8 heteroatoms. The number of amides is 1. The number of nitrogens with one attached hydrogen (secondary N) is 2. The number of carboxylic acids is 1. The third-order valence-electron chi connectivity index (χ3n) is 2.00. The molecule has 1 aromatic rings. The van der Waals surface area contributed by atoms with Crippen LogP contribution in [0.25, 0.3) is 0 Å². The van der Waals surface area contributed by atoms with Gasteiger partial charge in [-0.1, -0.05) is 6.92 Å². The minimum Gasteiger partial charge on any atom is -0.481 e. The van der Waals surface area contributed by atoms with Gasteiger partial charge in [0.05, 0.1) is 5.92 Å². The van der Waals surface area contributed by atoms with Crippen LogP contribution >= 0.6 is 0 Å². The highest BCUT2D eigenvalue weighted by molar-refractivity contribution is 5.90. The molecule has 0 fully saturated rings. The first-order chi connectivity index (χ1) is 7.50. The second-order valence-corrected chi connectivity index (χ2v) is 3.33. The lowest BCUT2D eigenvalue weighted by atomic mass is 10.1. The normalized spacial score (nSPS) is 12.1. The minimum atomic E-state index is -0.891. The summed E-state index contributed by atoms with van der Waals surface area (Å²) in [6.45, 7) is 1.83. The maximum Gasteiger partial charge on any atom is 0.306 e. The summed E-state index contributed by atoms with van der Waals surface area (Å²) in [6.07, 6.45) is 0.352. The second-order valence-electron chi connectivity index (χ2n) is 3.33. The van der Waals surface area contributed by atoms with Crippen LogP contribution in [0, 0.1) is 5.92 Å². The average Bonchev–Trinajstić information content (AvgIpc) is 2.64. The number of aliphatic carboxylic acids is 1. The van der Waals surface area contributed by atoms with E-state index in [9.17, 15) is 9.59 Å². The molecule has 1 aromatic heterocycles. The summed E-state index contributed by atoms with van der Waals surface area (Å²) in [4.78, 5) is 25.5. The van der Waals surface area contributed by atoms with Crippen LogP contribution in [0.2, 0.25) is 0 Å². The fourth-order valence-corrected chi connectivity index (χ4v) is 0.986. The molecule has 88 valence electrons. The molecule has 0 saturated carbocycles. The Hall–Kier alpha value is -2.12. The van der Waals surface area contributed by atoms with E-state index in [1.54, 1.807) is 6.92 Å². The number of nitrogens with two attached hydrogens (primary N) is 1. The van der Waals surface area contributed by atoms with Gasteiger partial charge in [0.15, 0.2) is 0 Å². The van der Waals surface area contributed by atoms with E-state index in [1.165, 1.54) is 0 Å². The number of H-pyrrole nitrogens is 1. The SMILES string of the molecule is CC(CCNC(=O)c1nc(N)n[nH]1)C(=O)O. The summed E-state index contributed by atoms with van der Waals surface area (Å²) < 4.78 is 0. The number of carboxylic acid groups (broad SMARTS) is 1. The molecule has 0 aromatic carbocycles. The lowest BCUT2D eigenvalue weighted by Gasteiger charge is -2.06. The quantitative estimate of drug-likeness (QED) is 0.521. The van der Waals surface area contributed by atoms with Gasteiger partial charge in [-0.2, -0.15) is 4.98 Å². The zero-order valence-electron chi connectivity index (χ0n) is 8.73. The van der Waals surface area contributed by atoms with E-state index in [2.05, 4.69) is 20.5 Å². The van der Waals surface area contributed by atoms with Crippen LogP contribution in [-0.4, -0.2) is 38.7 Å². The van der Waals surface area contributed by atoms with Crippen LogP contribution < -0.4 is 11.1 Å². The number of anilines is 1. The predicted molar refractivity (Wildman–Crippen MR) is 54.5 cm³/mol.